The van der Waals surface area contributed by atoms with Crippen molar-refractivity contribution < 1.29 is 27.5 Å². The molecule has 192 valence electrons. The van der Waals surface area contributed by atoms with E-state index in [4.69, 9.17) is 21.1 Å². The number of rotatable bonds is 12. The van der Waals surface area contributed by atoms with Gasteiger partial charge in [-0.25, -0.2) is 8.42 Å². The fraction of sp³-hybridized carbons (Fsp3) is 0.417. The van der Waals surface area contributed by atoms with Crippen molar-refractivity contribution in [2.24, 2.45) is 0 Å². The fourth-order valence-electron chi connectivity index (χ4n) is 3.37. The third kappa shape index (κ3) is 7.50. The summed E-state index contributed by atoms with van der Waals surface area (Å²) in [6.45, 7) is 3.45. The van der Waals surface area contributed by atoms with Crippen molar-refractivity contribution >= 4 is 39.1 Å². The van der Waals surface area contributed by atoms with Crippen LogP contribution in [0.2, 0.25) is 5.02 Å². The molecule has 0 heterocycles. The van der Waals surface area contributed by atoms with Crippen LogP contribution in [0.15, 0.2) is 42.5 Å². The SMILES string of the molecule is CCCNC(=O)[C@@H](C)N(Cc1ccccc1Cl)C(=O)CN(c1ccc(OC)cc1OC)S(C)(=O)=O. The first kappa shape index (κ1) is 28.3. The molecule has 0 aromatic heterocycles. The second kappa shape index (κ2) is 12.6. The number of methoxy groups -OCH3 is 2. The van der Waals surface area contributed by atoms with Crippen LogP contribution < -0.4 is 19.1 Å². The smallest absolute Gasteiger partial charge is 0.244 e. The van der Waals surface area contributed by atoms with E-state index in [9.17, 15) is 18.0 Å². The lowest BCUT2D eigenvalue weighted by Crippen LogP contribution is -2.51. The number of nitrogens with zero attached hydrogens (tertiary/aromatic N) is 2. The van der Waals surface area contributed by atoms with Gasteiger partial charge in [0.15, 0.2) is 0 Å². The van der Waals surface area contributed by atoms with E-state index in [1.807, 2.05) is 6.92 Å². The largest absolute Gasteiger partial charge is 0.497 e. The number of hydrogen-bond acceptors (Lipinski definition) is 6. The van der Waals surface area contributed by atoms with Gasteiger partial charge >= 0.3 is 0 Å². The first-order valence-corrected chi connectivity index (χ1v) is 13.3. The number of ether oxygens (including phenoxy) is 2. The van der Waals surface area contributed by atoms with Gasteiger partial charge in [-0.05, 0) is 37.1 Å². The quantitative estimate of drug-likeness (QED) is 0.456. The maximum atomic E-state index is 13.6. The lowest BCUT2D eigenvalue weighted by Gasteiger charge is -2.32. The molecule has 9 nitrogen and oxygen atoms in total. The monoisotopic (exact) mass is 525 g/mol. The van der Waals surface area contributed by atoms with Gasteiger partial charge in [0.25, 0.3) is 0 Å². The van der Waals surface area contributed by atoms with Gasteiger partial charge in [0.05, 0.1) is 26.2 Å². The summed E-state index contributed by atoms with van der Waals surface area (Å²) in [7, 11) is -1.03. The Labute approximate surface area is 212 Å². The Kier molecular flexibility index (Phi) is 10.2. The minimum absolute atomic E-state index is 0.0244. The van der Waals surface area contributed by atoms with E-state index in [0.717, 1.165) is 17.0 Å². The molecule has 0 aliphatic heterocycles. The Bertz CT molecular complexity index is 1140. The molecular formula is C24H32ClN3O6S. The number of hydrogen-bond donors (Lipinski definition) is 1. The first-order valence-electron chi connectivity index (χ1n) is 11.0. The molecule has 11 heteroatoms. The molecule has 0 aliphatic rings. The summed E-state index contributed by atoms with van der Waals surface area (Å²) in [5, 5.41) is 3.22. The number of carbonyl (C=O) groups excluding carboxylic acids is 2. The maximum absolute atomic E-state index is 13.6. The Balaban J connectivity index is 2.46. The van der Waals surface area contributed by atoms with Crippen LogP contribution in [0.3, 0.4) is 0 Å². The minimum Gasteiger partial charge on any atom is -0.497 e. The van der Waals surface area contributed by atoms with Crippen LogP contribution in [0.1, 0.15) is 25.8 Å². The van der Waals surface area contributed by atoms with Gasteiger partial charge in [-0.3, -0.25) is 13.9 Å². The second-order valence-electron chi connectivity index (χ2n) is 7.89. The molecule has 0 bridgehead atoms. The molecule has 2 rings (SSSR count). The molecule has 0 fully saturated rings. The second-order valence-corrected chi connectivity index (χ2v) is 10.2. The van der Waals surface area contributed by atoms with Crippen LogP contribution in [-0.2, 0) is 26.2 Å². The highest BCUT2D eigenvalue weighted by Gasteiger charge is 2.31. The Morgan fingerprint density at radius 1 is 1.11 bits per heavy atom. The van der Waals surface area contributed by atoms with Gasteiger partial charge in [0, 0.05) is 24.2 Å². The fourth-order valence-corrected chi connectivity index (χ4v) is 4.42. The molecule has 0 spiro atoms. The number of halogens is 1. The van der Waals surface area contributed by atoms with Crippen molar-refractivity contribution in [3.8, 4) is 11.5 Å². The Morgan fingerprint density at radius 3 is 2.37 bits per heavy atom. The number of anilines is 1. The summed E-state index contributed by atoms with van der Waals surface area (Å²) in [5.41, 5.74) is 0.801. The Hall–Kier alpha value is -2.98. The van der Waals surface area contributed by atoms with Crippen LogP contribution >= 0.6 is 11.6 Å². The van der Waals surface area contributed by atoms with E-state index in [1.165, 1.54) is 31.3 Å². The number of carbonyl (C=O) groups is 2. The van der Waals surface area contributed by atoms with Crippen molar-refractivity contribution in [1.29, 1.82) is 0 Å². The number of nitrogens with one attached hydrogen (secondary N) is 1. The number of sulfonamides is 1. The summed E-state index contributed by atoms with van der Waals surface area (Å²) in [4.78, 5) is 27.6. The zero-order valence-corrected chi connectivity index (χ0v) is 22.1. The lowest BCUT2D eigenvalue weighted by molar-refractivity contribution is -0.139. The maximum Gasteiger partial charge on any atom is 0.244 e. The average molecular weight is 526 g/mol. The molecule has 0 saturated carbocycles. The molecule has 2 aromatic rings. The van der Waals surface area contributed by atoms with E-state index in [1.54, 1.807) is 37.3 Å². The average Bonchev–Trinajstić information content (AvgIpc) is 2.83. The summed E-state index contributed by atoms with van der Waals surface area (Å²) < 4.78 is 37.0. The molecule has 0 aliphatic carbocycles. The van der Waals surface area contributed by atoms with Gasteiger partial charge in [0.1, 0.15) is 24.1 Å². The highest BCUT2D eigenvalue weighted by Crippen LogP contribution is 2.33. The zero-order chi connectivity index (χ0) is 26.2. The number of benzene rings is 2. The lowest BCUT2D eigenvalue weighted by atomic mass is 10.1. The molecule has 1 N–H and O–H groups in total. The molecule has 35 heavy (non-hydrogen) atoms. The van der Waals surface area contributed by atoms with Crippen molar-refractivity contribution in [1.82, 2.24) is 10.2 Å². The van der Waals surface area contributed by atoms with Crippen LogP contribution in [0.5, 0.6) is 11.5 Å². The molecule has 1 atom stereocenters. The van der Waals surface area contributed by atoms with Gasteiger partial charge < -0.3 is 19.7 Å². The van der Waals surface area contributed by atoms with Crippen molar-refractivity contribution in [3.05, 3.63) is 53.1 Å². The van der Waals surface area contributed by atoms with E-state index >= 15 is 0 Å². The highest BCUT2D eigenvalue weighted by molar-refractivity contribution is 7.92. The predicted octanol–water partition coefficient (Wildman–Crippen LogP) is 3.07. The van der Waals surface area contributed by atoms with Crippen LogP contribution in [0, 0.1) is 0 Å². The normalized spacial score (nSPS) is 11.9. The third-order valence-electron chi connectivity index (χ3n) is 5.35. The van der Waals surface area contributed by atoms with E-state index in [2.05, 4.69) is 5.32 Å². The van der Waals surface area contributed by atoms with Gasteiger partial charge in [-0.2, -0.15) is 0 Å². The zero-order valence-electron chi connectivity index (χ0n) is 20.6. The summed E-state index contributed by atoms with van der Waals surface area (Å²) >= 11 is 6.31. The standard InChI is InChI=1S/C24H32ClN3O6S/c1-6-13-26-24(30)17(2)27(15-18-9-7-8-10-20(18)25)23(29)16-28(35(5,31)32)21-12-11-19(33-3)14-22(21)34-4/h7-12,14,17H,6,13,15-16H2,1-5H3,(H,26,30)/t17-/m1/s1. The van der Waals surface area contributed by atoms with Gasteiger partial charge in [0.2, 0.25) is 21.8 Å². The van der Waals surface area contributed by atoms with Crippen LogP contribution in [0.25, 0.3) is 0 Å². The van der Waals surface area contributed by atoms with Crippen molar-refractivity contribution in [2.75, 3.05) is 37.9 Å². The summed E-state index contributed by atoms with van der Waals surface area (Å²) in [6.07, 6.45) is 1.73. The van der Waals surface area contributed by atoms with E-state index in [-0.39, 0.29) is 23.9 Å². The molecular weight excluding hydrogens is 494 g/mol. The summed E-state index contributed by atoms with van der Waals surface area (Å²) in [5.74, 6) is -0.242. The molecule has 2 amide bonds. The first-order chi connectivity index (χ1) is 16.5. The predicted molar refractivity (Wildman–Crippen MR) is 137 cm³/mol. The highest BCUT2D eigenvalue weighted by atomic mass is 35.5. The van der Waals surface area contributed by atoms with E-state index < -0.39 is 28.5 Å². The topological polar surface area (TPSA) is 105 Å². The molecule has 0 radical (unpaired) electrons. The minimum atomic E-state index is -3.90. The van der Waals surface area contributed by atoms with E-state index in [0.29, 0.717) is 22.9 Å². The molecule has 0 unspecified atom stereocenters. The van der Waals surface area contributed by atoms with Gasteiger partial charge in [-0.15, -0.1) is 0 Å². The van der Waals surface area contributed by atoms with Crippen LogP contribution in [-0.4, -0.2) is 64.7 Å². The Morgan fingerprint density at radius 2 is 1.80 bits per heavy atom. The number of amides is 2. The molecule has 2 aromatic carbocycles. The van der Waals surface area contributed by atoms with Gasteiger partial charge in [-0.1, -0.05) is 36.7 Å². The van der Waals surface area contributed by atoms with Crippen molar-refractivity contribution in [2.45, 2.75) is 32.9 Å². The third-order valence-corrected chi connectivity index (χ3v) is 6.85. The van der Waals surface area contributed by atoms with Crippen LogP contribution in [0.4, 0.5) is 5.69 Å². The summed E-state index contributed by atoms with van der Waals surface area (Å²) in [6, 6.07) is 10.7. The molecule has 0 saturated heterocycles. The van der Waals surface area contributed by atoms with Crippen molar-refractivity contribution in [3.63, 3.8) is 0 Å².